The molecule has 7 nitrogen and oxygen atoms in total. The molecule has 0 amide bonds. The van der Waals surface area contributed by atoms with E-state index in [1.165, 1.54) is 12.1 Å². The third kappa shape index (κ3) is 2.40. The maximum absolute atomic E-state index is 11.3. The van der Waals surface area contributed by atoms with Crippen molar-refractivity contribution in [3.8, 4) is 0 Å². The number of hydrogen-bond donors (Lipinski definition) is 2. The molecular formula is C11H10N2O5. The molecule has 0 saturated carbocycles. The van der Waals surface area contributed by atoms with Gasteiger partial charge in [0.05, 0.1) is 5.69 Å². The topological polar surface area (TPSA) is 116 Å². The highest BCUT2D eigenvalue weighted by Gasteiger charge is 2.52. The summed E-state index contributed by atoms with van der Waals surface area (Å²) in [6, 6.07) is 7.93. The second-order valence-corrected chi connectivity index (χ2v) is 3.41. The normalized spacial score (nSPS) is 11.4. The first kappa shape index (κ1) is 13.5. The summed E-state index contributed by atoms with van der Waals surface area (Å²) in [4.78, 5) is 33.2. The maximum atomic E-state index is 11.3. The van der Waals surface area contributed by atoms with Crippen LogP contribution in [0.15, 0.2) is 40.6 Å². The van der Waals surface area contributed by atoms with Crippen LogP contribution >= 0.6 is 0 Å². The standard InChI is InChI=1S/C11H10N2O5/c1-7(14)11(9(15)16,10(17)18)13-12-8-5-3-2-4-6-8/h2-6H,1H3,(H,15,16)(H,17,18). The van der Waals surface area contributed by atoms with E-state index in [2.05, 4.69) is 10.2 Å². The summed E-state index contributed by atoms with van der Waals surface area (Å²) >= 11 is 0. The van der Waals surface area contributed by atoms with Crippen LogP contribution in [-0.2, 0) is 14.4 Å². The van der Waals surface area contributed by atoms with Crippen LogP contribution in [0.5, 0.6) is 0 Å². The number of Topliss-reactive ketones (excluding diaryl/α,β-unsaturated/α-hetero) is 1. The Bertz CT molecular complexity index is 473. The molecule has 0 aliphatic carbocycles. The zero-order valence-corrected chi connectivity index (χ0v) is 9.40. The van der Waals surface area contributed by atoms with Crippen LogP contribution in [-0.4, -0.2) is 33.5 Å². The van der Waals surface area contributed by atoms with E-state index < -0.39 is 23.3 Å². The van der Waals surface area contributed by atoms with Crippen LogP contribution in [0, 0.1) is 0 Å². The Kier molecular flexibility index (Phi) is 3.88. The molecule has 0 saturated heterocycles. The molecule has 0 radical (unpaired) electrons. The highest BCUT2D eigenvalue weighted by Crippen LogP contribution is 2.19. The lowest BCUT2D eigenvalue weighted by molar-refractivity contribution is -0.159. The van der Waals surface area contributed by atoms with Gasteiger partial charge in [-0.05, 0) is 19.1 Å². The molecule has 1 aromatic rings. The summed E-state index contributed by atoms with van der Waals surface area (Å²) in [5.41, 5.74) is -2.64. The van der Waals surface area contributed by atoms with Gasteiger partial charge in [0, 0.05) is 0 Å². The molecule has 7 heteroatoms. The number of carbonyl (C=O) groups is 3. The van der Waals surface area contributed by atoms with Gasteiger partial charge in [-0.2, -0.15) is 5.11 Å². The number of azo groups is 1. The van der Waals surface area contributed by atoms with E-state index in [0.29, 0.717) is 0 Å². The summed E-state index contributed by atoms with van der Waals surface area (Å²) in [6.07, 6.45) is 0. The van der Waals surface area contributed by atoms with Crippen molar-refractivity contribution in [2.45, 2.75) is 12.5 Å². The SMILES string of the molecule is CC(=O)C(N=Nc1ccccc1)(C(=O)O)C(=O)O. The predicted molar refractivity (Wildman–Crippen MR) is 59.6 cm³/mol. The number of carbonyl (C=O) groups excluding carboxylic acids is 1. The van der Waals surface area contributed by atoms with Gasteiger partial charge in [-0.15, -0.1) is 5.11 Å². The van der Waals surface area contributed by atoms with Crippen molar-refractivity contribution >= 4 is 23.4 Å². The van der Waals surface area contributed by atoms with Gasteiger partial charge >= 0.3 is 17.5 Å². The first-order chi connectivity index (χ1) is 8.41. The van der Waals surface area contributed by atoms with Gasteiger partial charge in [0.1, 0.15) is 0 Å². The van der Waals surface area contributed by atoms with E-state index in [9.17, 15) is 14.4 Å². The largest absolute Gasteiger partial charge is 0.479 e. The number of benzene rings is 1. The van der Waals surface area contributed by atoms with Crippen LogP contribution in [0.25, 0.3) is 0 Å². The molecule has 0 bridgehead atoms. The van der Waals surface area contributed by atoms with Gasteiger partial charge in [0.2, 0.25) is 0 Å². The number of nitrogens with zero attached hydrogens (tertiary/aromatic N) is 2. The minimum atomic E-state index is -2.89. The number of rotatable bonds is 5. The van der Waals surface area contributed by atoms with Crippen LogP contribution in [0.4, 0.5) is 5.69 Å². The lowest BCUT2D eigenvalue weighted by Gasteiger charge is -2.14. The van der Waals surface area contributed by atoms with Gasteiger partial charge in [-0.3, -0.25) is 4.79 Å². The number of aliphatic carboxylic acids is 2. The van der Waals surface area contributed by atoms with Crippen LogP contribution < -0.4 is 0 Å². The Hall–Kier alpha value is -2.57. The van der Waals surface area contributed by atoms with Crippen LogP contribution in [0.3, 0.4) is 0 Å². The Labute approximate surface area is 102 Å². The Balaban J connectivity index is 3.22. The summed E-state index contributed by atoms with van der Waals surface area (Å²) < 4.78 is 0. The molecule has 0 aromatic heterocycles. The first-order valence-electron chi connectivity index (χ1n) is 4.87. The van der Waals surface area contributed by atoms with E-state index in [1.807, 2.05) is 0 Å². The minimum absolute atomic E-state index is 0.255. The van der Waals surface area contributed by atoms with Crippen LogP contribution in [0.2, 0.25) is 0 Å². The monoisotopic (exact) mass is 250 g/mol. The number of carboxylic acid groups (broad SMARTS) is 2. The van der Waals surface area contributed by atoms with Gasteiger partial charge < -0.3 is 10.2 Å². The predicted octanol–water partition coefficient (Wildman–Crippen LogP) is 1.27. The van der Waals surface area contributed by atoms with Gasteiger partial charge in [0.25, 0.3) is 0 Å². The lowest BCUT2D eigenvalue weighted by Crippen LogP contribution is -2.50. The fourth-order valence-corrected chi connectivity index (χ4v) is 1.18. The third-order valence-electron chi connectivity index (χ3n) is 2.20. The molecule has 94 valence electrons. The molecule has 0 aliphatic heterocycles. The molecular weight excluding hydrogens is 240 g/mol. The van der Waals surface area contributed by atoms with Gasteiger partial charge in [0.15, 0.2) is 5.78 Å². The van der Waals surface area contributed by atoms with Crippen molar-refractivity contribution < 1.29 is 24.6 Å². The average Bonchev–Trinajstić information content (AvgIpc) is 2.29. The lowest BCUT2D eigenvalue weighted by atomic mass is 9.97. The molecule has 18 heavy (non-hydrogen) atoms. The molecule has 0 atom stereocenters. The quantitative estimate of drug-likeness (QED) is 0.602. The Morgan fingerprint density at radius 3 is 1.94 bits per heavy atom. The summed E-state index contributed by atoms with van der Waals surface area (Å²) in [6.45, 7) is 0.840. The van der Waals surface area contributed by atoms with Crippen molar-refractivity contribution in [2.24, 2.45) is 10.2 Å². The molecule has 0 aliphatic rings. The Morgan fingerprint density at radius 1 is 1.06 bits per heavy atom. The summed E-state index contributed by atoms with van der Waals surface area (Å²) in [5, 5.41) is 24.5. The highest BCUT2D eigenvalue weighted by atomic mass is 16.4. The molecule has 0 fully saturated rings. The minimum Gasteiger partial charge on any atom is -0.479 e. The summed E-state index contributed by atoms with van der Waals surface area (Å²) in [7, 11) is 0. The fourth-order valence-electron chi connectivity index (χ4n) is 1.18. The van der Waals surface area contributed by atoms with Crippen molar-refractivity contribution in [2.75, 3.05) is 0 Å². The van der Waals surface area contributed by atoms with Crippen molar-refractivity contribution in [3.05, 3.63) is 30.3 Å². The van der Waals surface area contributed by atoms with E-state index in [4.69, 9.17) is 10.2 Å². The third-order valence-corrected chi connectivity index (χ3v) is 2.20. The molecule has 0 heterocycles. The molecule has 0 spiro atoms. The van der Waals surface area contributed by atoms with Crippen molar-refractivity contribution in [1.82, 2.24) is 0 Å². The van der Waals surface area contributed by atoms with Gasteiger partial charge in [-0.25, -0.2) is 9.59 Å². The van der Waals surface area contributed by atoms with Crippen molar-refractivity contribution in [1.29, 1.82) is 0 Å². The van der Waals surface area contributed by atoms with E-state index >= 15 is 0 Å². The number of ketones is 1. The molecule has 1 rings (SSSR count). The highest BCUT2D eigenvalue weighted by molar-refractivity contribution is 6.24. The molecule has 2 N–H and O–H groups in total. The average molecular weight is 250 g/mol. The zero-order valence-electron chi connectivity index (χ0n) is 9.40. The maximum Gasteiger partial charge on any atom is 0.353 e. The second kappa shape index (κ2) is 5.17. The van der Waals surface area contributed by atoms with Crippen LogP contribution in [0.1, 0.15) is 6.92 Å². The smallest absolute Gasteiger partial charge is 0.353 e. The van der Waals surface area contributed by atoms with Gasteiger partial charge in [-0.1, -0.05) is 18.2 Å². The Morgan fingerprint density at radius 2 is 1.56 bits per heavy atom. The number of hydrogen-bond acceptors (Lipinski definition) is 5. The van der Waals surface area contributed by atoms with Crippen molar-refractivity contribution in [3.63, 3.8) is 0 Å². The fraction of sp³-hybridized carbons (Fsp3) is 0.182. The first-order valence-corrected chi connectivity index (χ1v) is 4.87. The zero-order chi connectivity index (χ0) is 13.8. The van der Waals surface area contributed by atoms with E-state index in [0.717, 1.165) is 6.92 Å². The summed E-state index contributed by atoms with van der Waals surface area (Å²) in [5.74, 6) is -4.87. The van der Waals surface area contributed by atoms with E-state index in [-0.39, 0.29) is 5.69 Å². The molecule has 0 unspecified atom stereocenters. The van der Waals surface area contributed by atoms with E-state index in [1.54, 1.807) is 18.2 Å². The second-order valence-electron chi connectivity index (χ2n) is 3.41. The number of carboxylic acids is 2. The molecule has 1 aromatic carbocycles.